The van der Waals surface area contributed by atoms with E-state index in [9.17, 15) is 0 Å². The van der Waals surface area contributed by atoms with Crippen LogP contribution in [0.3, 0.4) is 0 Å². The SMILES string of the molecule is CC(C)NCCOCc1noc(C2CC2)n1. The van der Waals surface area contributed by atoms with Crippen LogP contribution in [0.2, 0.25) is 0 Å². The summed E-state index contributed by atoms with van der Waals surface area (Å²) in [5.74, 6) is 1.95. The fourth-order valence-electron chi connectivity index (χ4n) is 1.41. The van der Waals surface area contributed by atoms with Crippen molar-refractivity contribution in [1.82, 2.24) is 15.5 Å². The number of hydrogen-bond acceptors (Lipinski definition) is 5. The summed E-state index contributed by atoms with van der Waals surface area (Å²) < 4.78 is 10.6. The molecular formula is C11H19N3O2. The van der Waals surface area contributed by atoms with Gasteiger partial charge in [0, 0.05) is 18.5 Å². The van der Waals surface area contributed by atoms with Crippen molar-refractivity contribution in [3.05, 3.63) is 11.7 Å². The maximum atomic E-state index is 5.44. The number of ether oxygens (including phenoxy) is 1. The summed E-state index contributed by atoms with van der Waals surface area (Å²) in [6, 6.07) is 0.496. The molecule has 0 radical (unpaired) electrons. The van der Waals surface area contributed by atoms with E-state index in [1.54, 1.807) is 0 Å². The molecule has 0 unspecified atom stereocenters. The molecule has 1 heterocycles. The number of hydrogen-bond donors (Lipinski definition) is 1. The third-order valence-electron chi connectivity index (χ3n) is 2.44. The molecule has 1 aromatic rings. The van der Waals surface area contributed by atoms with E-state index in [1.807, 2.05) is 0 Å². The lowest BCUT2D eigenvalue weighted by Crippen LogP contribution is -2.26. The van der Waals surface area contributed by atoms with Crippen LogP contribution in [-0.4, -0.2) is 29.3 Å². The van der Waals surface area contributed by atoms with Gasteiger partial charge in [-0.2, -0.15) is 4.98 Å². The summed E-state index contributed by atoms with van der Waals surface area (Å²) in [6.07, 6.45) is 2.36. The number of nitrogens with one attached hydrogen (secondary N) is 1. The molecule has 5 nitrogen and oxygen atoms in total. The molecule has 0 aromatic carbocycles. The van der Waals surface area contributed by atoms with E-state index in [0.717, 1.165) is 12.4 Å². The minimum absolute atomic E-state index is 0.440. The van der Waals surface area contributed by atoms with Gasteiger partial charge < -0.3 is 14.6 Å². The summed E-state index contributed by atoms with van der Waals surface area (Å²) in [7, 11) is 0. The topological polar surface area (TPSA) is 60.2 Å². The predicted molar refractivity (Wildman–Crippen MR) is 59.1 cm³/mol. The van der Waals surface area contributed by atoms with Crippen LogP contribution in [0.1, 0.15) is 44.3 Å². The number of nitrogens with zero attached hydrogens (tertiary/aromatic N) is 2. The maximum Gasteiger partial charge on any atom is 0.229 e. The first-order chi connectivity index (χ1) is 7.75. The Labute approximate surface area is 95.6 Å². The molecule has 0 amide bonds. The highest BCUT2D eigenvalue weighted by Gasteiger charge is 2.29. The van der Waals surface area contributed by atoms with Gasteiger partial charge in [-0.15, -0.1) is 0 Å². The second-order valence-electron chi connectivity index (χ2n) is 4.48. The Morgan fingerprint density at radius 1 is 1.50 bits per heavy atom. The Morgan fingerprint density at radius 3 is 3.00 bits per heavy atom. The summed E-state index contributed by atoms with van der Waals surface area (Å²) in [4.78, 5) is 4.28. The van der Waals surface area contributed by atoms with Gasteiger partial charge in [-0.3, -0.25) is 0 Å². The lowest BCUT2D eigenvalue weighted by atomic mass is 10.4. The molecule has 0 saturated heterocycles. The van der Waals surface area contributed by atoms with Crippen LogP contribution >= 0.6 is 0 Å². The van der Waals surface area contributed by atoms with E-state index in [4.69, 9.17) is 9.26 Å². The van der Waals surface area contributed by atoms with Gasteiger partial charge in [-0.1, -0.05) is 19.0 Å². The highest BCUT2D eigenvalue weighted by Crippen LogP contribution is 2.38. The Bertz CT molecular complexity index is 321. The quantitative estimate of drug-likeness (QED) is 0.712. The molecule has 0 bridgehead atoms. The van der Waals surface area contributed by atoms with Crippen molar-refractivity contribution in [2.75, 3.05) is 13.2 Å². The van der Waals surface area contributed by atoms with Crippen LogP contribution in [0, 0.1) is 0 Å². The molecule has 2 rings (SSSR count). The van der Waals surface area contributed by atoms with Crippen molar-refractivity contribution in [2.24, 2.45) is 0 Å². The summed E-state index contributed by atoms with van der Waals surface area (Å²) in [6.45, 7) is 6.19. The lowest BCUT2D eigenvalue weighted by molar-refractivity contribution is 0.114. The fraction of sp³-hybridized carbons (Fsp3) is 0.818. The Balaban J connectivity index is 1.61. The van der Waals surface area contributed by atoms with E-state index in [-0.39, 0.29) is 0 Å². The minimum Gasteiger partial charge on any atom is -0.372 e. The maximum absolute atomic E-state index is 5.44. The van der Waals surface area contributed by atoms with Gasteiger partial charge in [-0.05, 0) is 12.8 Å². The molecule has 90 valence electrons. The van der Waals surface area contributed by atoms with Gasteiger partial charge in [0.25, 0.3) is 0 Å². The van der Waals surface area contributed by atoms with E-state index in [2.05, 4.69) is 29.3 Å². The average Bonchev–Trinajstić information content (AvgIpc) is 2.99. The smallest absolute Gasteiger partial charge is 0.229 e. The highest BCUT2D eigenvalue weighted by molar-refractivity contribution is 5.01. The van der Waals surface area contributed by atoms with Gasteiger partial charge in [0.05, 0.1) is 6.61 Å². The zero-order valence-corrected chi connectivity index (χ0v) is 9.90. The van der Waals surface area contributed by atoms with Crippen LogP contribution in [0.25, 0.3) is 0 Å². The van der Waals surface area contributed by atoms with Gasteiger partial charge in [0.2, 0.25) is 5.89 Å². The molecular weight excluding hydrogens is 206 g/mol. The molecule has 0 spiro atoms. The Hall–Kier alpha value is -0.940. The van der Waals surface area contributed by atoms with Gasteiger partial charge in [-0.25, -0.2) is 0 Å². The van der Waals surface area contributed by atoms with Crippen molar-refractivity contribution < 1.29 is 9.26 Å². The Morgan fingerprint density at radius 2 is 2.31 bits per heavy atom. The van der Waals surface area contributed by atoms with Crippen LogP contribution in [-0.2, 0) is 11.3 Å². The normalized spacial score (nSPS) is 15.9. The van der Waals surface area contributed by atoms with E-state index in [1.165, 1.54) is 12.8 Å². The van der Waals surface area contributed by atoms with Gasteiger partial charge in [0.1, 0.15) is 6.61 Å². The average molecular weight is 225 g/mol. The van der Waals surface area contributed by atoms with Crippen molar-refractivity contribution in [3.63, 3.8) is 0 Å². The van der Waals surface area contributed by atoms with Crippen molar-refractivity contribution >= 4 is 0 Å². The third kappa shape index (κ3) is 3.57. The first kappa shape index (κ1) is 11.5. The van der Waals surface area contributed by atoms with Gasteiger partial charge >= 0.3 is 0 Å². The second kappa shape index (κ2) is 5.41. The first-order valence-electron chi connectivity index (χ1n) is 5.89. The Kier molecular flexibility index (Phi) is 3.90. The first-order valence-corrected chi connectivity index (χ1v) is 5.89. The zero-order valence-electron chi connectivity index (χ0n) is 9.90. The van der Waals surface area contributed by atoms with Gasteiger partial charge in [0.15, 0.2) is 5.82 Å². The van der Waals surface area contributed by atoms with Crippen molar-refractivity contribution in [2.45, 2.75) is 45.3 Å². The van der Waals surface area contributed by atoms with E-state index >= 15 is 0 Å². The number of aromatic nitrogens is 2. The third-order valence-corrected chi connectivity index (χ3v) is 2.44. The molecule has 1 aliphatic rings. The highest BCUT2D eigenvalue weighted by atomic mass is 16.5. The second-order valence-corrected chi connectivity index (χ2v) is 4.48. The standard InChI is InChI=1S/C11H19N3O2/c1-8(2)12-5-6-15-7-10-13-11(16-14-10)9-3-4-9/h8-9,12H,3-7H2,1-2H3. The summed E-state index contributed by atoms with van der Waals surface area (Å²) in [5, 5.41) is 7.15. The van der Waals surface area contributed by atoms with E-state index < -0.39 is 0 Å². The monoisotopic (exact) mass is 225 g/mol. The summed E-state index contributed by atoms with van der Waals surface area (Å²) >= 11 is 0. The lowest BCUT2D eigenvalue weighted by Gasteiger charge is -2.06. The fourth-order valence-corrected chi connectivity index (χ4v) is 1.41. The molecule has 5 heteroatoms. The van der Waals surface area contributed by atoms with E-state index in [0.29, 0.717) is 31.0 Å². The van der Waals surface area contributed by atoms with Crippen LogP contribution in [0.4, 0.5) is 0 Å². The van der Waals surface area contributed by atoms with Crippen molar-refractivity contribution in [1.29, 1.82) is 0 Å². The predicted octanol–water partition coefficient (Wildman–Crippen LogP) is 1.46. The largest absolute Gasteiger partial charge is 0.372 e. The molecule has 1 aromatic heterocycles. The van der Waals surface area contributed by atoms with Crippen LogP contribution in [0.15, 0.2) is 4.52 Å². The van der Waals surface area contributed by atoms with Crippen LogP contribution in [0.5, 0.6) is 0 Å². The number of rotatable bonds is 7. The minimum atomic E-state index is 0.440. The zero-order chi connectivity index (χ0) is 11.4. The summed E-state index contributed by atoms with van der Waals surface area (Å²) in [5.41, 5.74) is 0. The molecule has 1 saturated carbocycles. The molecule has 1 fully saturated rings. The molecule has 1 N–H and O–H groups in total. The molecule has 0 atom stereocenters. The van der Waals surface area contributed by atoms with Crippen LogP contribution < -0.4 is 5.32 Å². The molecule has 16 heavy (non-hydrogen) atoms. The molecule has 1 aliphatic carbocycles. The molecule has 0 aliphatic heterocycles. The van der Waals surface area contributed by atoms with Crippen molar-refractivity contribution in [3.8, 4) is 0 Å².